The van der Waals surface area contributed by atoms with Gasteiger partial charge < -0.3 is 5.11 Å². The van der Waals surface area contributed by atoms with Crippen LogP contribution in [0.2, 0.25) is 0 Å². The van der Waals surface area contributed by atoms with Crippen molar-refractivity contribution in [3.05, 3.63) is 30.3 Å². The van der Waals surface area contributed by atoms with Gasteiger partial charge in [0.1, 0.15) is 5.75 Å². The van der Waals surface area contributed by atoms with Gasteiger partial charge in [-0.05, 0) is 22.8 Å². The van der Waals surface area contributed by atoms with E-state index in [0.717, 1.165) is 0 Å². The fourth-order valence-corrected chi connectivity index (χ4v) is 0.428. The fourth-order valence-electron chi connectivity index (χ4n) is 0.428. The van der Waals surface area contributed by atoms with E-state index < -0.39 is 0 Å². The minimum absolute atomic E-state index is 0.322. The Morgan fingerprint density at radius 1 is 1.11 bits per heavy atom. The highest BCUT2D eigenvalue weighted by Gasteiger charge is 1.74. The largest absolute Gasteiger partial charge is 0.508 e. The molecule has 0 amide bonds. The standard InChI is InChI=1S/C6H6O.ClHS/c7-6-4-2-1-3-5-6;1-2/h1-5,7H;2H. The van der Waals surface area contributed by atoms with Crippen LogP contribution in [0, 0.1) is 0 Å². The van der Waals surface area contributed by atoms with Gasteiger partial charge in [0.05, 0.1) is 0 Å². The van der Waals surface area contributed by atoms with Crippen LogP contribution in [0.1, 0.15) is 0 Å². The maximum absolute atomic E-state index is 8.63. The Labute approximate surface area is 64.2 Å². The lowest BCUT2D eigenvalue weighted by molar-refractivity contribution is 0.475. The molecule has 1 N–H and O–H groups in total. The van der Waals surface area contributed by atoms with E-state index in [2.05, 4.69) is 22.5 Å². The Morgan fingerprint density at radius 2 is 1.56 bits per heavy atom. The fraction of sp³-hybridized carbons (Fsp3) is 0. The Morgan fingerprint density at radius 3 is 1.78 bits per heavy atom. The molecule has 0 atom stereocenters. The van der Waals surface area contributed by atoms with Gasteiger partial charge in [-0.25, -0.2) is 0 Å². The van der Waals surface area contributed by atoms with Crippen molar-refractivity contribution in [2.24, 2.45) is 0 Å². The number of benzene rings is 1. The number of thiol groups is 1. The molecule has 0 fully saturated rings. The summed E-state index contributed by atoms with van der Waals surface area (Å²) in [6, 6.07) is 8.71. The topological polar surface area (TPSA) is 20.2 Å². The molecular formula is C6H7ClOS. The van der Waals surface area contributed by atoms with Crippen LogP contribution in [0.25, 0.3) is 0 Å². The van der Waals surface area contributed by atoms with E-state index in [1.165, 1.54) is 0 Å². The van der Waals surface area contributed by atoms with Gasteiger partial charge in [0.25, 0.3) is 0 Å². The second-order valence-electron chi connectivity index (χ2n) is 1.34. The third kappa shape index (κ3) is 4.18. The number of rotatable bonds is 0. The number of aromatic hydroxyl groups is 1. The Hall–Kier alpha value is -0.340. The summed E-state index contributed by atoms with van der Waals surface area (Å²) in [6.07, 6.45) is 0. The summed E-state index contributed by atoms with van der Waals surface area (Å²) >= 11 is 3.00. The van der Waals surface area contributed by atoms with Gasteiger partial charge in [-0.2, -0.15) is 0 Å². The number of phenolic OH excluding ortho intramolecular Hbond substituents is 1. The summed E-state index contributed by atoms with van der Waals surface area (Å²) in [5, 5.41) is 8.63. The number of hydrogen-bond acceptors (Lipinski definition) is 2. The molecule has 0 saturated carbocycles. The van der Waals surface area contributed by atoms with Crippen molar-refractivity contribution in [2.75, 3.05) is 0 Å². The summed E-state index contributed by atoms with van der Waals surface area (Å²) in [5.41, 5.74) is 0. The molecule has 1 rings (SSSR count). The number of halogens is 1. The first-order valence-electron chi connectivity index (χ1n) is 2.30. The average molecular weight is 163 g/mol. The van der Waals surface area contributed by atoms with Crippen molar-refractivity contribution in [3.63, 3.8) is 0 Å². The van der Waals surface area contributed by atoms with Crippen LogP contribution in [-0.2, 0) is 0 Å². The minimum Gasteiger partial charge on any atom is -0.508 e. The zero-order valence-electron chi connectivity index (χ0n) is 4.66. The van der Waals surface area contributed by atoms with E-state index >= 15 is 0 Å². The van der Waals surface area contributed by atoms with E-state index in [1.807, 2.05) is 6.07 Å². The molecule has 0 saturated heterocycles. The summed E-state index contributed by atoms with van der Waals surface area (Å²) in [7, 11) is 4.33. The zero-order chi connectivity index (χ0) is 7.11. The molecule has 0 heterocycles. The smallest absolute Gasteiger partial charge is 0.115 e. The van der Waals surface area contributed by atoms with Gasteiger partial charge >= 0.3 is 0 Å². The summed E-state index contributed by atoms with van der Waals surface area (Å²) in [4.78, 5) is 0. The van der Waals surface area contributed by atoms with Crippen LogP contribution in [0.3, 0.4) is 0 Å². The van der Waals surface area contributed by atoms with Crippen molar-refractivity contribution in [1.82, 2.24) is 0 Å². The molecule has 50 valence electrons. The number of phenols is 1. The normalized spacial score (nSPS) is 7.33. The van der Waals surface area contributed by atoms with Crippen molar-refractivity contribution in [1.29, 1.82) is 0 Å². The highest BCUT2D eigenvalue weighted by molar-refractivity contribution is 8.05. The quantitative estimate of drug-likeness (QED) is 0.562. The monoisotopic (exact) mass is 162 g/mol. The maximum Gasteiger partial charge on any atom is 0.115 e. The SMILES string of the molecule is Oc1ccccc1.SCl. The second-order valence-corrected chi connectivity index (χ2v) is 1.34. The van der Waals surface area contributed by atoms with Gasteiger partial charge in [0, 0.05) is 0 Å². The number of hydrogen-bond donors (Lipinski definition) is 2. The van der Waals surface area contributed by atoms with Gasteiger partial charge in [0.15, 0.2) is 0 Å². The van der Waals surface area contributed by atoms with Crippen LogP contribution in [0.4, 0.5) is 0 Å². The van der Waals surface area contributed by atoms with E-state index in [9.17, 15) is 0 Å². The molecule has 0 aromatic heterocycles. The first-order chi connectivity index (χ1) is 4.39. The zero-order valence-corrected chi connectivity index (χ0v) is 6.31. The van der Waals surface area contributed by atoms with Crippen LogP contribution in [0.15, 0.2) is 30.3 Å². The molecular weight excluding hydrogens is 156 g/mol. The molecule has 1 aromatic carbocycles. The Bertz CT molecular complexity index is 143. The third-order valence-corrected chi connectivity index (χ3v) is 0.756. The molecule has 3 heteroatoms. The van der Waals surface area contributed by atoms with E-state index in [4.69, 9.17) is 5.11 Å². The molecule has 0 bridgehead atoms. The van der Waals surface area contributed by atoms with E-state index in [1.54, 1.807) is 24.3 Å². The van der Waals surface area contributed by atoms with Gasteiger partial charge in [-0.15, -0.1) is 0 Å². The van der Waals surface area contributed by atoms with Crippen LogP contribution in [-0.4, -0.2) is 5.11 Å². The first kappa shape index (κ1) is 8.66. The Balaban J connectivity index is 0.000000291. The maximum atomic E-state index is 8.63. The van der Waals surface area contributed by atoms with Gasteiger partial charge in [-0.1, -0.05) is 30.0 Å². The van der Waals surface area contributed by atoms with Crippen molar-refractivity contribution < 1.29 is 5.11 Å². The summed E-state index contributed by atoms with van der Waals surface area (Å²) < 4.78 is 0. The number of para-hydroxylation sites is 1. The molecule has 0 radical (unpaired) electrons. The van der Waals surface area contributed by atoms with Crippen LogP contribution >= 0.6 is 22.5 Å². The molecule has 0 aliphatic rings. The minimum atomic E-state index is 0.322. The lowest BCUT2D eigenvalue weighted by Gasteiger charge is -1.82. The lowest BCUT2D eigenvalue weighted by Crippen LogP contribution is -1.56. The highest BCUT2D eigenvalue weighted by atomic mass is 35.7. The predicted octanol–water partition coefficient (Wildman–Crippen LogP) is 2.46. The molecule has 9 heavy (non-hydrogen) atoms. The van der Waals surface area contributed by atoms with Crippen molar-refractivity contribution >= 4 is 22.5 Å². The first-order valence-corrected chi connectivity index (χ1v) is 3.66. The van der Waals surface area contributed by atoms with E-state index in [0.29, 0.717) is 5.75 Å². The molecule has 1 aromatic rings. The summed E-state index contributed by atoms with van der Waals surface area (Å²) in [6.45, 7) is 0. The molecule has 1 nitrogen and oxygen atoms in total. The van der Waals surface area contributed by atoms with Gasteiger partial charge in [0.2, 0.25) is 0 Å². The molecule has 0 aliphatic carbocycles. The van der Waals surface area contributed by atoms with Crippen molar-refractivity contribution in [3.8, 4) is 5.75 Å². The van der Waals surface area contributed by atoms with E-state index in [-0.39, 0.29) is 0 Å². The van der Waals surface area contributed by atoms with Crippen molar-refractivity contribution in [2.45, 2.75) is 0 Å². The Kier molecular flexibility index (Phi) is 5.57. The highest BCUT2D eigenvalue weighted by Crippen LogP contribution is 2.02. The lowest BCUT2D eigenvalue weighted by atomic mass is 10.3. The average Bonchev–Trinajstić information content (AvgIpc) is 1.94. The molecule has 0 aliphatic heterocycles. The molecule has 0 spiro atoms. The van der Waals surface area contributed by atoms with Crippen LogP contribution < -0.4 is 0 Å². The van der Waals surface area contributed by atoms with Gasteiger partial charge in [-0.3, -0.25) is 0 Å². The predicted molar refractivity (Wildman–Crippen MR) is 42.9 cm³/mol. The molecule has 0 unspecified atom stereocenters. The summed E-state index contributed by atoms with van der Waals surface area (Å²) in [5.74, 6) is 0.322. The van der Waals surface area contributed by atoms with Crippen LogP contribution in [0.5, 0.6) is 5.75 Å². The second kappa shape index (κ2) is 5.79. The third-order valence-electron chi connectivity index (χ3n) is 0.756.